The standard InChI is InChI=1S/C25H23ClN4O6/c1-34-18-11-12-21(22(13-18)35-2)29-24(32)25(33)30-27-14-16-7-9-17(10-8-16)36-15-23(31)28-20-6-4-3-5-19(20)26/h3-14H,15H2,1-2H3,(H,28,31)(H,29,32)(H,30,33)/b27-14-. The number of hydrazone groups is 1. The Morgan fingerprint density at radius 2 is 1.58 bits per heavy atom. The van der Waals surface area contributed by atoms with Crippen molar-refractivity contribution in [1.82, 2.24) is 5.43 Å². The first-order valence-electron chi connectivity index (χ1n) is 10.5. The molecule has 0 bridgehead atoms. The highest BCUT2D eigenvalue weighted by Crippen LogP contribution is 2.28. The predicted molar refractivity (Wildman–Crippen MR) is 136 cm³/mol. The molecule has 0 atom stereocenters. The highest BCUT2D eigenvalue weighted by atomic mass is 35.5. The fourth-order valence-electron chi connectivity index (χ4n) is 2.84. The van der Waals surface area contributed by atoms with Gasteiger partial charge in [0.25, 0.3) is 5.91 Å². The summed E-state index contributed by atoms with van der Waals surface area (Å²) in [6.07, 6.45) is 1.35. The molecule has 0 aliphatic heterocycles. The SMILES string of the molecule is COc1ccc(NC(=O)C(=O)N/N=C\c2ccc(OCC(=O)Nc3ccccc3Cl)cc2)c(OC)c1. The van der Waals surface area contributed by atoms with E-state index in [0.29, 0.717) is 39.2 Å². The van der Waals surface area contributed by atoms with E-state index in [0.717, 1.165) is 0 Å². The van der Waals surface area contributed by atoms with Gasteiger partial charge in [-0.25, -0.2) is 5.43 Å². The molecule has 0 fully saturated rings. The van der Waals surface area contributed by atoms with Crippen LogP contribution in [0.3, 0.4) is 0 Å². The summed E-state index contributed by atoms with van der Waals surface area (Å²) < 4.78 is 15.7. The van der Waals surface area contributed by atoms with Gasteiger partial charge in [-0.3, -0.25) is 14.4 Å². The van der Waals surface area contributed by atoms with E-state index in [1.165, 1.54) is 20.4 Å². The first-order valence-corrected chi connectivity index (χ1v) is 10.9. The minimum absolute atomic E-state index is 0.206. The Kier molecular flexibility index (Phi) is 9.24. The molecule has 0 unspecified atom stereocenters. The average Bonchev–Trinajstić information content (AvgIpc) is 2.89. The third kappa shape index (κ3) is 7.47. The number of carbonyl (C=O) groups is 3. The number of carbonyl (C=O) groups excluding carboxylic acids is 3. The topological polar surface area (TPSA) is 127 Å². The van der Waals surface area contributed by atoms with E-state index in [2.05, 4.69) is 21.2 Å². The molecule has 3 rings (SSSR count). The minimum atomic E-state index is -0.964. The Labute approximate surface area is 212 Å². The number of halogens is 1. The van der Waals surface area contributed by atoms with Crippen molar-refractivity contribution in [3.05, 3.63) is 77.3 Å². The summed E-state index contributed by atoms with van der Waals surface area (Å²) in [6.45, 7) is -0.206. The fraction of sp³-hybridized carbons (Fsp3) is 0.120. The normalized spacial score (nSPS) is 10.4. The summed E-state index contributed by atoms with van der Waals surface area (Å²) in [5.41, 5.74) is 3.58. The molecule has 0 saturated carbocycles. The maximum Gasteiger partial charge on any atom is 0.329 e. The number of hydrogen-bond donors (Lipinski definition) is 3. The van der Waals surface area contributed by atoms with Gasteiger partial charge in [-0.2, -0.15) is 5.10 Å². The van der Waals surface area contributed by atoms with Gasteiger partial charge in [-0.1, -0.05) is 23.7 Å². The molecule has 3 aromatic carbocycles. The van der Waals surface area contributed by atoms with E-state index >= 15 is 0 Å². The summed E-state index contributed by atoms with van der Waals surface area (Å²) >= 11 is 6.01. The van der Waals surface area contributed by atoms with Crippen LogP contribution in [0.1, 0.15) is 5.56 Å². The van der Waals surface area contributed by atoms with Crippen molar-refractivity contribution in [2.24, 2.45) is 5.10 Å². The number of anilines is 2. The average molecular weight is 511 g/mol. The van der Waals surface area contributed by atoms with E-state index in [9.17, 15) is 14.4 Å². The quantitative estimate of drug-likeness (QED) is 0.230. The number of methoxy groups -OCH3 is 2. The molecule has 3 N–H and O–H groups in total. The Balaban J connectivity index is 1.46. The van der Waals surface area contributed by atoms with Crippen LogP contribution in [-0.2, 0) is 14.4 Å². The van der Waals surface area contributed by atoms with Crippen LogP contribution in [0.2, 0.25) is 5.02 Å². The molecule has 3 aromatic rings. The summed E-state index contributed by atoms with van der Waals surface area (Å²) in [7, 11) is 2.93. The van der Waals surface area contributed by atoms with Crippen molar-refractivity contribution in [3.63, 3.8) is 0 Å². The monoisotopic (exact) mass is 510 g/mol. The molecule has 3 amide bonds. The van der Waals surface area contributed by atoms with Gasteiger partial charge in [0.15, 0.2) is 6.61 Å². The number of hydrogen-bond acceptors (Lipinski definition) is 7. The summed E-state index contributed by atoms with van der Waals surface area (Å²) in [4.78, 5) is 36.2. The lowest BCUT2D eigenvalue weighted by molar-refractivity contribution is -0.136. The predicted octanol–water partition coefficient (Wildman–Crippen LogP) is 3.46. The summed E-state index contributed by atoms with van der Waals surface area (Å²) in [5, 5.41) is 9.32. The van der Waals surface area contributed by atoms with E-state index in [1.807, 2.05) is 0 Å². The molecule has 0 spiro atoms. The zero-order valence-electron chi connectivity index (χ0n) is 19.4. The van der Waals surface area contributed by atoms with E-state index in [4.69, 9.17) is 25.8 Å². The van der Waals surface area contributed by atoms with E-state index in [1.54, 1.807) is 66.7 Å². The molecule has 0 aromatic heterocycles. The van der Waals surface area contributed by atoms with Crippen molar-refractivity contribution in [3.8, 4) is 17.2 Å². The van der Waals surface area contributed by atoms with Crippen LogP contribution >= 0.6 is 11.6 Å². The third-order valence-corrected chi connectivity index (χ3v) is 4.97. The lowest BCUT2D eigenvalue weighted by Gasteiger charge is -2.10. The second kappa shape index (κ2) is 12.8. The molecule has 0 aliphatic carbocycles. The second-order valence-electron chi connectivity index (χ2n) is 7.11. The first-order chi connectivity index (χ1) is 17.4. The van der Waals surface area contributed by atoms with Crippen LogP contribution in [0.5, 0.6) is 17.2 Å². The van der Waals surface area contributed by atoms with Crippen LogP contribution in [-0.4, -0.2) is 44.8 Å². The number of rotatable bonds is 9. The molecule has 0 saturated heterocycles. The van der Waals surface area contributed by atoms with Crippen molar-refractivity contribution in [1.29, 1.82) is 0 Å². The van der Waals surface area contributed by atoms with Gasteiger partial charge in [0.2, 0.25) is 0 Å². The molecule has 10 nitrogen and oxygen atoms in total. The van der Waals surface area contributed by atoms with Crippen LogP contribution in [0.15, 0.2) is 71.8 Å². The highest BCUT2D eigenvalue weighted by Gasteiger charge is 2.16. The first kappa shape index (κ1) is 26.0. The van der Waals surface area contributed by atoms with Crippen molar-refractivity contribution >= 4 is 46.9 Å². The maximum atomic E-state index is 12.1. The van der Waals surface area contributed by atoms with Crippen LogP contribution < -0.4 is 30.3 Å². The molecular formula is C25H23ClN4O6. The lowest BCUT2D eigenvalue weighted by atomic mass is 10.2. The van der Waals surface area contributed by atoms with E-state index < -0.39 is 11.8 Å². The van der Waals surface area contributed by atoms with Crippen LogP contribution in [0, 0.1) is 0 Å². The number of benzene rings is 3. The highest BCUT2D eigenvalue weighted by molar-refractivity contribution is 6.39. The summed E-state index contributed by atoms with van der Waals surface area (Å²) in [6, 6.07) is 18.2. The van der Waals surface area contributed by atoms with Gasteiger partial charge in [0.1, 0.15) is 17.2 Å². The second-order valence-corrected chi connectivity index (χ2v) is 7.51. The molecular weight excluding hydrogens is 488 g/mol. The molecule has 186 valence electrons. The van der Waals surface area contributed by atoms with Gasteiger partial charge in [-0.15, -0.1) is 0 Å². The van der Waals surface area contributed by atoms with Gasteiger partial charge >= 0.3 is 11.8 Å². The van der Waals surface area contributed by atoms with Gasteiger partial charge < -0.3 is 24.8 Å². The Bertz CT molecular complexity index is 1260. The molecule has 11 heteroatoms. The Morgan fingerprint density at radius 3 is 2.28 bits per heavy atom. The maximum absolute atomic E-state index is 12.1. The Hall–Kier alpha value is -4.57. The third-order valence-electron chi connectivity index (χ3n) is 4.64. The summed E-state index contributed by atoms with van der Waals surface area (Å²) in [5.74, 6) is -0.915. The minimum Gasteiger partial charge on any atom is -0.497 e. The number of nitrogens with one attached hydrogen (secondary N) is 3. The van der Waals surface area contributed by atoms with E-state index in [-0.39, 0.29) is 12.5 Å². The fourth-order valence-corrected chi connectivity index (χ4v) is 3.03. The van der Waals surface area contributed by atoms with Crippen LogP contribution in [0.4, 0.5) is 11.4 Å². The number of para-hydroxylation sites is 1. The number of nitrogens with zero attached hydrogens (tertiary/aromatic N) is 1. The smallest absolute Gasteiger partial charge is 0.329 e. The van der Waals surface area contributed by atoms with Gasteiger partial charge in [0, 0.05) is 6.07 Å². The molecule has 0 radical (unpaired) electrons. The molecule has 0 aliphatic rings. The molecule has 36 heavy (non-hydrogen) atoms. The number of amides is 3. The zero-order chi connectivity index (χ0) is 25.9. The van der Waals surface area contributed by atoms with Crippen molar-refractivity contribution in [2.45, 2.75) is 0 Å². The van der Waals surface area contributed by atoms with Gasteiger partial charge in [0.05, 0.1) is 36.8 Å². The zero-order valence-corrected chi connectivity index (χ0v) is 20.2. The van der Waals surface area contributed by atoms with Crippen LogP contribution in [0.25, 0.3) is 0 Å². The molecule has 0 heterocycles. The van der Waals surface area contributed by atoms with Crippen molar-refractivity contribution < 1.29 is 28.6 Å². The lowest BCUT2D eigenvalue weighted by Crippen LogP contribution is -2.32. The largest absolute Gasteiger partial charge is 0.497 e. The van der Waals surface area contributed by atoms with Crippen molar-refractivity contribution in [2.75, 3.05) is 31.5 Å². The Morgan fingerprint density at radius 1 is 0.861 bits per heavy atom. The van der Waals surface area contributed by atoms with Gasteiger partial charge in [-0.05, 0) is 54.1 Å². The number of ether oxygens (including phenoxy) is 3.